The van der Waals surface area contributed by atoms with Gasteiger partial charge < -0.3 is 14.8 Å². The summed E-state index contributed by atoms with van der Waals surface area (Å²) < 4.78 is 0. The van der Waals surface area contributed by atoms with E-state index in [9.17, 15) is 19.5 Å². The standard InChI is InChI=1S/C17H30N2O4/c1-13(2)19-11-10-18(12-15(19)17(22)23)16(21)9-7-5-4-6-8-14(3)20/h13,15H,4-12H2,1-3H3,(H,22,23)/t15-/m0/s1. The minimum Gasteiger partial charge on any atom is -0.480 e. The average Bonchev–Trinajstić information content (AvgIpc) is 2.49. The number of hydrogen-bond donors (Lipinski definition) is 1. The van der Waals surface area contributed by atoms with Crippen LogP contribution >= 0.6 is 0 Å². The number of hydrogen-bond acceptors (Lipinski definition) is 4. The predicted molar refractivity (Wildman–Crippen MR) is 88.2 cm³/mol. The number of rotatable bonds is 9. The molecule has 6 heteroatoms. The number of Topliss-reactive ketones (excluding diaryl/α,β-unsaturated/α-hetero) is 1. The maximum atomic E-state index is 12.2. The zero-order chi connectivity index (χ0) is 17.4. The Bertz CT molecular complexity index is 423. The first-order valence-corrected chi connectivity index (χ1v) is 8.58. The van der Waals surface area contributed by atoms with Gasteiger partial charge in [0.25, 0.3) is 0 Å². The molecule has 1 N–H and O–H groups in total. The maximum Gasteiger partial charge on any atom is 0.322 e. The Kier molecular flexibility index (Phi) is 8.23. The van der Waals surface area contributed by atoms with Gasteiger partial charge in [0.1, 0.15) is 11.8 Å². The number of ketones is 1. The van der Waals surface area contributed by atoms with Crippen molar-refractivity contribution in [1.82, 2.24) is 9.80 Å². The van der Waals surface area contributed by atoms with Crippen molar-refractivity contribution in [2.75, 3.05) is 19.6 Å². The van der Waals surface area contributed by atoms with Crippen LogP contribution in [0.4, 0.5) is 0 Å². The van der Waals surface area contributed by atoms with Gasteiger partial charge in [-0.1, -0.05) is 12.8 Å². The van der Waals surface area contributed by atoms with Crippen LogP contribution < -0.4 is 0 Å². The third-order valence-electron chi connectivity index (χ3n) is 4.39. The fraction of sp³-hybridized carbons (Fsp3) is 0.824. The summed E-state index contributed by atoms with van der Waals surface area (Å²) in [5, 5.41) is 9.37. The van der Waals surface area contributed by atoms with Gasteiger partial charge in [0.2, 0.25) is 5.91 Å². The summed E-state index contributed by atoms with van der Waals surface area (Å²) in [4.78, 5) is 38.1. The summed E-state index contributed by atoms with van der Waals surface area (Å²) in [6.07, 6.45) is 4.68. The molecule has 1 fully saturated rings. The molecule has 0 bridgehead atoms. The van der Waals surface area contributed by atoms with Crippen LogP contribution in [0.25, 0.3) is 0 Å². The number of unbranched alkanes of at least 4 members (excludes halogenated alkanes) is 3. The normalized spacial score (nSPS) is 19.1. The molecule has 0 aliphatic carbocycles. The van der Waals surface area contributed by atoms with Crippen LogP contribution in [0.2, 0.25) is 0 Å². The van der Waals surface area contributed by atoms with E-state index in [1.54, 1.807) is 11.8 Å². The molecule has 1 atom stereocenters. The fourth-order valence-electron chi connectivity index (χ4n) is 3.02. The van der Waals surface area contributed by atoms with Crippen molar-refractivity contribution in [3.63, 3.8) is 0 Å². The molecule has 1 rings (SSSR count). The Morgan fingerprint density at radius 1 is 1.04 bits per heavy atom. The summed E-state index contributed by atoms with van der Waals surface area (Å²) in [5.41, 5.74) is 0. The number of nitrogens with zero attached hydrogens (tertiary/aromatic N) is 2. The highest BCUT2D eigenvalue weighted by Gasteiger charge is 2.35. The lowest BCUT2D eigenvalue weighted by atomic mass is 10.1. The van der Waals surface area contributed by atoms with Gasteiger partial charge >= 0.3 is 5.97 Å². The van der Waals surface area contributed by atoms with E-state index in [1.807, 2.05) is 18.7 Å². The minimum absolute atomic E-state index is 0.0474. The predicted octanol–water partition coefficient (Wildman–Crippen LogP) is 1.92. The van der Waals surface area contributed by atoms with E-state index < -0.39 is 12.0 Å². The number of amides is 1. The first-order chi connectivity index (χ1) is 10.8. The first-order valence-electron chi connectivity index (χ1n) is 8.58. The molecule has 1 saturated heterocycles. The van der Waals surface area contributed by atoms with Crippen molar-refractivity contribution >= 4 is 17.7 Å². The Hall–Kier alpha value is -1.43. The van der Waals surface area contributed by atoms with Crippen molar-refractivity contribution in [2.24, 2.45) is 0 Å². The summed E-state index contributed by atoms with van der Waals surface area (Å²) >= 11 is 0. The smallest absolute Gasteiger partial charge is 0.322 e. The molecule has 132 valence electrons. The van der Waals surface area contributed by atoms with E-state index in [0.29, 0.717) is 25.9 Å². The number of carboxylic acids is 1. The molecule has 0 aromatic heterocycles. The van der Waals surface area contributed by atoms with Gasteiger partial charge in [-0.25, -0.2) is 0 Å². The lowest BCUT2D eigenvalue weighted by Gasteiger charge is -2.41. The van der Waals surface area contributed by atoms with Crippen LogP contribution in [0.1, 0.15) is 59.3 Å². The van der Waals surface area contributed by atoms with Crippen molar-refractivity contribution < 1.29 is 19.5 Å². The number of carbonyl (C=O) groups excluding carboxylic acids is 2. The van der Waals surface area contributed by atoms with E-state index in [-0.39, 0.29) is 24.3 Å². The van der Waals surface area contributed by atoms with Crippen LogP contribution in [0.3, 0.4) is 0 Å². The molecule has 0 spiro atoms. The van der Waals surface area contributed by atoms with Crippen molar-refractivity contribution in [3.05, 3.63) is 0 Å². The molecule has 0 aromatic rings. The molecule has 0 aromatic carbocycles. The zero-order valence-corrected chi connectivity index (χ0v) is 14.6. The summed E-state index contributed by atoms with van der Waals surface area (Å²) in [5.74, 6) is -0.601. The topological polar surface area (TPSA) is 77.9 Å². The second kappa shape index (κ2) is 9.65. The third kappa shape index (κ3) is 6.69. The van der Waals surface area contributed by atoms with Gasteiger partial charge in [-0.2, -0.15) is 0 Å². The van der Waals surface area contributed by atoms with Crippen molar-refractivity contribution in [1.29, 1.82) is 0 Å². The second-order valence-corrected chi connectivity index (χ2v) is 6.64. The van der Waals surface area contributed by atoms with Crippen LogP contribution in [0, 0.1) is 0 Å². The molecule has 0 radical (unpaired) electrons. The third-order valence-corrected chi connectivity index (χ3v) is 4.39. The number of carboxylic acid groups (broad SMARTS) is 1. The van der Waals surface area contributed by atoms with Gasteiger partial charge in [0.15, 0.2) is 0 Å². The Morgan fingerprint density at radius 3 is 2.17 bits per heavy atom. The van der Waals surface area contributed by atoms with Crippen LogP contribution in [0.15, 0.2) is 0 Å². The quantitative estimate of drug-likeness (QED) is 0.655. The van der Waals surface area contributed by atoms with Gasteiger partial charge in [-0.3, -0.25) is 14.5 Å². The van der Waals surface area contributed by atoms with Crippen LogP contribution in [0.5, 0.6) is 0 Å². The van der Waals surface area contributed by atoms with E-state index in [2.05, 4.69) is 0 Å². The maximum absolute atomic E-state index is 12.2. The highest BCUT2D eigenvalue weighted by molar-refractivity contribution is 5.79. The van der Waals surface area contributed by atoms with Gasteiger partial charge in [0, 0.05) is 38.5 Å². The summed E-state index contributed by atoms with van der Waals surface area (Å²) in [6, 6.07) is -0.446. The van der Waals surface area contributed by atoms with Crippen molar-refractivity contribution in [3.8, 4) is 0 Å². The highest BCUT2D eigenvalue weighted by Crippen LogP contribution is 2.16. The molecular weight excluding hydrogens is 296 g/mol. The van der Waals surface area contributed by atoms with E-state index in [4.69, 9.17) is 0 Å². The largest absolute Gasteiger partial charge is 0.480 e. The molecule has 6 nitrogen and oxygen atoms in total. The van der Waals surface area contributed by atoms with Gasteiger partial charge in [0.05, 0.1) is 0 Å². The minimum atomic E-state index is -0.861. The molecule has 1 aliphatic heterocycles. The molecule has 23 heavy (non-hydrogen) atoms. The van der Waals surface area contributed by atoms with Gasteiger partial charge in [-0.15, -0.1) is 0 Å². The first kappa shape index (κ1) is 19.6. The van der Waals surface area contributed by atoms with E-state index in [0.717, 1.165) is 25.7 Å². The highest BCUT2D eigenvalue weighted by atomic mass is 16.4. The molecule has 1 aliphatic rings. The lowest BCUT2D eigenvalue weighted by Crippen LogP contribution is -2.59. The summed E-state index contributed by atoms with van der Waals surface area (Å²) in [7, 11) is 0. The molecule has 1 heterocycles. The van der Waals surface area contributed by atoms with E-state index in [1.165, 1.54) is 0 Å². The number of carbonyl (C=O) groups is 3. The molecule has 1 amide bonds. The Balaban J connectivity index is 2.34. The second-order valence-electron chi connectivity index (χ2n) is 6.64. The molecule has 0 unspecified atom stereocenters. The SMILES string of the molecule is CC(=O)CCCCCCC(=O)N1CCN(C(C)C)[C@H](C(=O)O)C1. The zero-order valence-electron chi connectivity index (χ0n) is 14.6. The fourth-order valence-corrected chi connectivity index (χ4v) is 3.02. The Labute approximate surface area is 138 Å². The summed E-state index contributed by atoms with van der Waals surface area (Å²) in [6.45, 7) is 7.04. The van der Waals surface area contributed by atoms with Crippen molar-refractivity contribution in [2.45, 2.75) is 71.4 Å². The van der Waals surface area contributed by atoms with Crippen LogP contribution in [-0.2, 0) is 14.4 Å². The number of piperazine rings is 1. The molecular formula is C17H30N2O4. The monoisotopic (exact) mass is 326 g/mol. The lowest BCUT2D eigenvalue weighted by molar-refractivity contribution is -0.149. The Morgan fingerprint density at radius 2 is 1.65 bits per heavy atom. The van der Waals surface area contributed by atoms with Gasteiger partial charge in [-0.05, 0) is 33.6 Å². The van der Waals surface area contributed by atoms with Crippen LogP contribution in [-0.4, -0.2) is 64.3 Å². The average molecular weight is 326 g/mol. The molecule has 0 saturated carbocycles. The number of aliphatic carboxylic acids is 1. The van der Waals surface area contributed by atoms with E-state index >= 15 is 0 Å².